The number of methoxy groups -OCH3 is 3. The van der Waals surface area contributed by atoms with Crippen LogP contribution in [0.4, 0.5) is 5.69 Å². The molecule has 0 spiro atoms. The molecule has 0 aliphatic heterocycles. The van der Waals surface area contributed by atoms with Gasteiger partial charge in [-0.3, -0.25) is 4.79 Å². The first kappa shape index (κ1) is 23.5. The number of hydrogen-bond acceptors (Lipinski definition) is 6. The van der Waals surface area contributed by atoms with E-state index < -0.39 is 15.1 Å². The molecule has 7 nitrogen and oxygen atoms in total. The molecule has 0 radical (unpaired) electrons. The second-order valence-corrected chi connectivity index (χ2v) is 8.99. The van der Waals surface area contributed by atoms with Crippen molar-refractivity contribution in [1.82, 2.24) is 0 Å². The van der Waals surface area contributed by atoms with Crippen LogP contribution in [0.15, 0.2) is 41.3 Å². The maximum absolute atomic E-state index is 12.9. The van der Waals surface area contributed by atoms with Crippen LogP contribution in [-0.4, -0.2) is 40.9 Å². The molecule has 164 valence electrons. The van der Waals surface area contributed by atoms with Crippen molar-refractivity contribution in [3.63, 3.8) is 0 Å². The standard InChI is InChI=1S/C22H29NO6S/c1-6-16(7-2)30(25,26)17-9-11-19(27-3)18(14-17)23-22(24)13-15-8-10-20(28-4)21(12-15)29-5/h8-12,14,16H,6-7,13H2,1-5H3,(H,23,24). The fraction of sp³-hybridized carbons (Fsp3) is 0.409. The lowest BCUT2D eigenvalue weighted by molar-refractivity contribution is -0.115. The van der Waals surface area contributed by atoms with E-state index in [2.05, 4.69) is 5.32 Å². The van der Waals surface area contributed by atoms with E-state index in [0.29, 0.717) is 35.8 Å². The molecule has 0 bridgehead atoms. The van der Waals surface area contributed by atoms with Crippen molar-refractivity contribution in [2.24, 2.45) is 0 Å². The van der Waals surface area contributed by atoms with E-state index in [-0.39, 0.29) is 17.2 Å². The van der Waals surface area contributed by atoms with Crippen LogP contribution in [0.25, 0.3) is 0 Å². The van der Waals surface area contributed by atoms with Crippen LogP contribution in [0.2, 0.25) is 0 Å². The molecule has 2 aromatic carbocycles. The smallest absolute Gasteiger partial charge is 0.228 e. The quantitative estimate of drug-likeness (QED) is 0.609. The van der Waals surface area contributed by atoms with E-state index in [4.69, 9.17) is 14.2 Å². The fourth-order valence-electron chi connectivity index (χ4n) is 3.25. The molecule has 0 atom stereocenters. The van der Waals surface area contributed by atoms with Crippen molar-refractivity contribution in [2.45, 2.75) is 43.3 Å². The maximum Gasteiger partial charge on any atom is 0.228 e. The van der Waals surface area contributed by atoms with Crippen LogP contribution < -0.4 is 19.5 Å². The lowest BCUT2D eigenvalue weighted by Gasteiger charge is -2.16. The SMILES string of the molecule is CCC(CC)S(=O)(=O)c1ccc(OC)c(NC(=O)Cc2ccc(OC)c(OC)c2)c1. The molecule has 2 aromatic rings. The molecule has 1 N–H and O–H groups in total. The Kier molecular flexibility index (Phi) is 8.11. The molecular formula is C22H29NO6S. The van der Waals surface area contributed by atoms with Crippen LogP contribution in [0.3, 0.4) is 0 Å². The lowest BCUT2D eigenvalue weighted by atomic mass is 10.1. The number of hydrogen-bond donors (Lipinski definition) is 1. The number of rotatable bonds is 10. The number of carbonyl (C=O) groups excluding carboxylic acids is 1. The summed E-state index contributed by atoms with van der Waals surface area (Å²) in [6.07, 6.45) is 1.12. The van der Waals surface area contributed by atoms with E-state index in [9.17, 15) is 13.2 Å². The minimum atomic E-state index is -3.50. The third-order valence-corrected chi connectivity index (χ3v) is 7.39. The van der Waals surface area contributed by atoms with Gasteiger partial charge in [-0.15, -0.1) is 0 Å². The number of nitrogens with one attached hydrogen (secondary N) is 1. The van der Waals surface area contributed by atoms with E-state index in [1.807, 2.05) is 13.8 Å². The van der Waals surface area contributed by atoms with E-state index >= 15 is 0 Å². The molecule has 8 heteroatoms. The Hall–Kier alpha value is -2.74. The summed E-state index contributed by atoms with van der Waals surface area (Å²) in [6.45, 7) is 3.70. The third-order valence-electron chi connectivity index (χ3n) is 4.94. The summed E-state index contributed by atoms with van der Waals surface area (Å²) < 4.78 is 41.5. The van der Waals surface area contributed by atoms with Crippen LogP contribution in [0.5, 0.6) is 17.2 Å². The summed E-state index contributed by atoms with van der Waals surface area (Å²) in [6, 6.07) is 9.75. The molecule has 0 aliphatic rings. The molecule has 1 amide bonds. The van der Waals surface area contributed by atoms with Crippen molar-refractivity contribution >= 4 is 21.4 Å². The second-order valence-electron chi connectivity index (χ2n) is 6.76. The van der Waals surface area contributed by atoms with Gasteiger partial charge in [0.05, 0.1) is 43.6 Å². The lowest BCUT2D eigenvalue weighted by Crippen LogP contribution is -2.20. The summed E-state index contributed by atoms with van der Waals surface area (Å²) >= 11 is 0. The number of sulfone groups is 1. The van der Waals surface area contributed by atoms with E-state index in [1.165, 1.54) is 26.4 Å². The first-order chi connectivity index (χ1) is 14.3. The Balaban J connectivity index is 2.28. The van der Waals surface area contributed by atoms with Gasteiger partial charge in [0.25, 0.3) is 0 Å². The highest BCUT2D eigenvalue weighted by molar-refractivity contribution is 7.92. The Bertz CT molecular complexity index is 983. The Morgan fingerprint density at radius 2 is 1.50 bits per heavy atom. The average molecular weight is 436 g/mol. The zero-order valence-corrected chi connectivity index (χ0v) is 18.8. The topological polar surface area (TPSA) is 90.9 Å². The Morgan fingerprint density at radius 1 is 0.900 bits per heavy atom. The summed E-state index contributed by atoms with van der Waals surface area (Å²) in [5.41, 5.74) is 1.04. The van der Waals surface area contributed by atoms with Gasteiger partial charge in [-0.05, 0) is 48.7 Å². The predicted molar refractivity (Wildman–Crippen MR) is 116 cm³/mol. The van der Waals surface area contributed by atoms with E-state index in [1.54, 1.807) is 31.4 Å². The Morgan fingerprint density at radius 3 is 2.07 bits per heavy atom. The fourth-order valence-corrected chi connectivity index (χ4v) is 5.05. The predicted octanol–water partition coefficient (Wildman–Crippen LogP) is 3.86. The average Bonchev–Trinajstić information content (AvgIpc) is 2.74. The minimum Gasteiger partial charge on any atom is -0.495 e. The molecule has 0 aliphatic carbocycles. The molecule has 0 heterocycles. The number of carbonyl (C=O) groups is 1. The van der Waals surface area contributed by atoms with Crippen LogP contribution >= 0.6 is 0 Å². The first-order valence-electron chi connectivity index (χ1n) is 9.73. The highest BCUT2D eigenvalue weighted by Crippen LogP contribution is 2.31. The monoisotopic (exact) mass is 435 g/mol. The van der Waals surface area contributed by atoms with Gasteiger partial charge in [0, 0.05) is 0 Å². The van der Waals surface area contributed by atoms with Crippen molar-refractivity contribution < 1.29 is 27.4 Å². The number of amides is 1. The molecule has 0 saturated heterocycles. The van der Waals surface area contributed by atoms with Gasteiger partial charge in [0.2, 0.25) is 5.91 Å². The molecule has 0 unspecified atom stereocenters. The zero-order valence-electron chi connectivity index (χ0n) is 18.0. The molecule has 30 heavy (non-hydrogen) atoms. The number of ether oxygens (including phenoxy) is 3. The van der Waals surface area contributed by atoms with Crippen LogP contribution in [-0.2, 0) is 21.1 Å². The van der Waals surface area contributed by atoms with Gasteiger partial charge in [0.15, 0.2) is 21.3 Å². The number of anilines is 1. The van der Waals surface area contributed by atoms with Crippen molar-refractivity contribution in [2.75, 3.05) is 26.6 Å². The largest absolute Gasteiger partial charge is 0.495 e. The summed E-state index contributed by atoms with van der Waals surface area (Å²) in [5.74, 6) is 1.18. The summed E-state index contributed by atoms with van der Waals surface area (Å²) in [5, 5.41) is 2.29. The van der Waals surface area contributed by atoms with Gasteiger partial charge in [-0.25, -0.2) is 8.42 Å². The second kappa shape index (κ2) is 10.3. The van der Waals surface area contributed by atoms with Gasteiger partial charge >= 0.3 is 0 Å². The van der Waals surface area contributed by atoms with Gasteiger partial charge in [0.1, 0.15) is 5.75 Å². The van der Waals surface area contributed by atoms with Crippen molar-refractivity contribution in [3.8, 4) is 17.2 Å². The highest BCUT2D eigenvalue weighted by atomic mass is 32.2. The van der Waals surface area contributed by atoms with Gasteiger partial charge in [-0.1, -0.05) is 19.9 Å². The summed E-state index contributed by atoms with van der Waals surface area (Å²) in [7, 11) is 1.04. The molecular weight excluding hydrogens is 406 g/mol. The highest BCUT2D eigenvalue weighted by Gasteiger charge is 2.25. The van der Waals surface area contributed by atoms with Crippen LogP contribution in [0, 0.1) is 0 Å². The van der Waals surface area contributed by atoms with Crippen molar-refractivity contribution in [1.29, 1.82) is 0 Å². The third kappa shape index (κ3) is 5.24. The number of benzene rings is 2. The van der Waals surface area contributed by atoms with E-state index in [0.717, 1.165) is 5.56 Å². The normalized spacial score (nSPS) is 11.3. The molecule has 0 fully saturated rings. The van der Waals surface area contributed by atoms with Gasteiger partial charge in [-0.2, -0.15) is 0 Å². The maximum atomic E-state index is 12.9. The zero-order chi connectivity index (χ0) is 22.3. The van der Waals surface area contributed by atoms with Gasteiger partial charge < -0.3 is 19.5 Å². The molecule has 0 saturated carbocycles. The van der Waals surface area contributed by atoms with Crippen LogP contribution in [0.1, 0.15) is 32.3 Å². The Labute approximate surface area is 178 Å². The first-order valence-corrected chi connectivity index (χ1v) is 11.3. The molecule has 2 rings (SSSR count). The minimum absolute atomic E-state index is 0.0764. The summed E-state index contributed by atoms with van der Waals surface area (Å²) in [4.78, 5) is 12.8. The molecule has 0 aromatic heterocycles. The van der Waals surface area contributed by atoms with Crippen molar-refractivity contribution in [3.05, 3.63) is 42.0 Å².